The van der Waals surface area contributed by atoms with Crippen molar-refractivity contribution in [2.24, 2.45) is 0 Å². The van der Waals surface area contributed by atoms with E-state index in [2.05, 4.69) is 15.1 Å². The molecular formula is C18H12F2N4. The number of hydrogen-bond donors (Lipinski definition) is 0. The Kier molecular flexibility index (Phi) is 3.30. The lowest BCUT2D eigenvalue weighted by atomic mass is 10.0. The number of hydrogen-bond acceptors (Lipinski definition) is 3. The molecule has 0 N–H and O–H groups in total. The quantitative estimate of drug-likeness (QED) is 0.559. The number of aromatic nitrogens is 4. The highest BCUT2D eigenvalue weighted by molar-refractivity contribution is 5.81. The van der Waals surface area contributed by atoms with Gasteiger partial charge >= 0.3 is 0 Å². The maximum Gasteiger partial charge on any atom is 0.252 e. The topological polar surface area (TPSA) is 43.1 Å². The average Bonchev–Trinajstić information content (AvgIpc) is 2.93. The fraction of sp³-hybridized carbons (Fsp3) is 0.0556. The number of nitrogens with zero attached hydrogens (tertiary/aromatic N) is 4. The SMILES string of the molecule is Cc1nc2nc(-c3ccccc3)c(-c3ccc(F)cc3F)cn2n1. The van der Waals surface area contributed by atoms with Crippen LogP contribution in [-0.2, 0) is 0 Å². The smallest absolute Gasteiger partial charge is 0.210 e. The van der Waals surface area contributed by atoms with Gasteiger partial charge in [-0.2, -0.15) is 10.1 Å². The minimum Gasteiger partial charge on any atom is -0.210 e. The summed E-state index contributed by atoms with van der Waals surface area (Å²) in [6.07, 6.45) is 1.67. The second kappa shape index (κ2) is 5.49. The Bertz CT molecular complexity index is 1040. The molecule has 0 bridgehead atoms. The van der Waals surface area contributed by atoms with Gasteiger partial charge in [-0.15, -0.1) is 0 Å². The van der Waals surface area contributed by atoms with E-state index < -0.39 is 11.6 Å². The van der Waals surface area contributed by atoms with E-state index in [4.69, 9.17) is 0 Å². The molecule has 2 heterocycles. The van der Waals surface area contributed by atoms with Gasteiger partial charge in [-0.25, -0.2) is 18.3 Å². The number of fused-ring (bicyclic) bond motifs is 1. The maximum atomic E-state index is 14.3. The minimum atomic E-state index is -0.648. The van der Waals surface area contributed by atoms with Gasteiger partial charge in [-0.3, -0.25) is 0 Å². The average molecular weight is 322 g/mol. The summed E-state index contributed by atoms with van der Waals surface area (Å²) >= 11 is 0. The van der Waals surface area contributed by atoms with Crippen molar-refractivity contribution in [2.75, 3.05) is 0 Å². The molecule has 0 unspecified atom stereocenters. The first-order valence-corrected chi connectivity index (χ1v) is 7.37. The number of benzene rings is 2. The van der Waals surface area contributed by atoms with Crippen LogP contribution in [-0.4, -0.2) is 19.6 Å². The van der Waals surface area contributed by atoms with Gasteiger partial charge in [-0.1, -0.05) is 30.3 Å². The first kappa shape index (κ1) is 14.4. The van der Waals surface area contributed by atoms with Crippen molar-refractivity contribution in [2.45, 2.75) is 6.92 Å². The summed E-state index contributed by atoms with van der Waals surface area (Å²) in [5, 5.41) is 4.23. The Morgan fingerprint density at radius 2 is 1.71 bits per heavy atom. The monoisotopic (exact) mass is 322 g/mol. The molecule has 0 radical (unpaired) electrons. The van der Waals surface area contributed by atoms with Gasteiger partial charge in [0, 0.05) is 29.0 Å². The summed E-state index contributed by atoms with van der Waals surface area (Å²) < 4.78 is 29.1. The lowest BCUT2D eigenvalue weighted by molar-refractivity contribution is 0.585. The van der Waals surface area contributed by atoms with Crippen LogP contribution in [0.5, 0.6) is 0 Å². The van der Waals surface area contributed by atoms with Crippen LogP contribution >= 0.6 is 0 Å². The standard InChI is InChI=1S/C18H12F2N4/c1-11-21-18-22-17(12-5-3-2-4-6-12)15(10-24(18)23-11)14-8-7-13(19)9-16(14)20/h2-10H,1H3. The van der Waals surface area contributed by atoms with Crippen molar-refractivity contribution >= 4 is 5.78 Å². The van der Waals surface area contributed by atoms with E-state index in [9.17, 15) is 8.78 Å². The second-order valence-corrected chi connectivity index (χ2v) is 5.40. The third kappa shape index (κ3) is 2.42. The Balaban J connectivity index is 2.05. The Morgan fingerprint density at radius 3 is 2.46 bits per heavy atom. The zero-order valence-corrected chi connectivity index (χ0v) is 12.7. The summed E-state index contributed by atoms with van der Waals surface area (Å²) in [5.41, 5.74) is 2.18. The highest BCUT2D eigenvalue weighted by atomic mass is 19.1. The first-order valence-electron chi connectivity index (χ1n) is 7.37. The molecule has 118 valence electrons. The fourth-order valence-corrected chi connectivity index (χ4v) is 2.65. The third-order valence-corrected chi connectivity index (χ3v) is 3.71. The zero-order valence-electron chi connectivity index (χ0n) is 12.7. The van der Waals surface area contributed by atoms with Gasteiger partial charge in [0.25, 0.3) is 5.78 Å². The molecule has 0 spiro atoms. The van der Waals surface area contributed by atoms with Crippen LogP contribution < -0.4 is 0 Å². The molecule has 24 heavy (non-hydrogen) atoms. The predicted octanol–water partition coefficient (Wildman–Crippen LogP) is 4.04. The minimum absolute atomic E-state index is 0.262. The zero-order chi connectivity index (χ0) is 16.7. The van der Waals surface area contributed by atoms with Gasteiger partial charge in [0.1, 0.15) is 17.5 Å². The lowest BCUT2D eigenvalue weighted by Crippen LogP contribution is -1.99. The largest absolute Gasteiger partial charge is 0.252 e. The molecule has 0 aliphatic carbocycles. The molecule has 4 rings (SSSR count). The molecule has 0 aliphatic heterocycles. The summed E-state index contributed by atoms with van der Waals surface area (Å²) in [7, 11) is 0. The highest BCUT2D eigenvalue weighted by Crippen LogP contribution is 2.32. The van der Waals surface area contributed by atoms with E-state index in [0.717, 1.165) is 11.6 Å². The summed E-state index contributed by atoms with van der Waals surface area (Å²) in [4.78, 5) is 8.79. The van der Waals surface area contributed by atoms with Crippen LogP contribution in [0.25, 0.3) is 28.2 Å². The molecule has 0 saturated heterocycles. The van der Waals surface area contributed by atoms with Gasteiger partial charge in [0.15, 0.2) is 0 Å². The number of aryl methyl sites for hydroxylation is 1. The summed E-state index contributed by atoms with van der Waals surface area (Å²) in [5.74, 6) is -0.274. The molecule has 0 fully saturated rings. The number of halogens is 2. The van der Waals surface area contributed by atoms with Crippen LogP contribution in [0.1, 0.15) is 5.82 Å². The maximum absolute atomic E-state index is 14.3. The molecule has 6 heteroatoms. The van der Waals surface area contributed by atoms with Gasteiger partial charge in [-0.05, 0) is 19.1 Å². The van der Waals surface area contributed by atoms with Crippen molar-refractivity contribution in [3.8, 4) is 22.4 Å². The summed E-state index contributed by atoms with van der Waals surface area (Å²) in [6.45, 7) is 1.76. The van der Waals surface area contributed by atoms with Crippen LogP contribution in [0.3, 0.4) is 0 Å². The Morgan fingerprint density at radius 1 is 0.917 bits per heavy atom. The van der Waals surface area contributed by atoms with E-state index in [0.29, 0.717) is 22.9 Å². The van der Waals surface area contributed by atoms with E-state index in [1.54, 1.807) is 13.1 Å². The molecule has 4 nitrogen and oxygen atoms in total. The highest BCUT2D eigenvalue weighted by Gasteiger charge is 2.16. The fourth-order valence-electron chi connectivity index (χ4n) is 2.65. The van der Waals surface area contributed by atoms with Crippen LogP contribution in [0, 0.1) is 18.6 Å². The normalized spacial score (nSPS) is 11.1. The van der Waals surface area contributed by atoms with Crippen molar-refractivity contribution in [3.63, 3.8) is 0 Å². The van der Waals surface area contributed by atoms with Gasteiger partial charge < -0.3 is 0 Å². The van der Waals surface area contributed by atoms with E-state index in [1.807, 2.05) is 30.3 Å². The van der Waals surface area contributed by atoms with Gasteiger partial charge in [0.05, 0.1) is 5.69 Å². The van der Waals surface area contributed by atoms with Crippen molar-refractivity contribution in [3.05, 3.63) is 72.2 Å². The molecule has 0 amide bonds. The van der Waals surface area contributed by atoms with Crippen molar-refractivity contribution in [1.29, 1.82) is 0 Å². The van der Waals surface area contributed by atoms with E-state index in [1.165, 1.54) is 16.6 Å². The lowest BCUT2D eigenvalue weighted by Gasteiger charge is -2.10. The van der Waals surface area contributed by atoms with Crippen LogP contribution in [0.4, 0.5) is 8.78 Å². The van der Waals surface area contributed by atoms with E-state index >= 15 is 0 Å². The molecule has 0 atom stereocenters. The van der Waals surface area contributed by atoms with Crippen LogP contribution in [0.2, 0.25) is 0 Å². The first-order chi connectivity index (χ1) is 11.6. The van der Waals surface area contributed by atoms with Crippen LogP contribution in [0.15, 0.2) is 54.7 Å². The molecule has 0 saturated carbocycles. The van der Waals surface area contributed by atoms with Gasteiger partial charge in [0.2, 0.25) is 0 Å². The Labute approximate surface area is 136 Å². The molecule has 2 aromatic heterocycles. The Hall–Kier alpha value is -3.15. The van der Waals surface area contributed by atoms with Crippen molar-refractivity contribution in [1.82, 2.24) is 19.6 Å². The van der Waals surface area contributed by atoms with E-state index in [-0.39, 0.29) is 5.56 Å². The predicted molar refractivity (Wildman–Crippen MR) is 86.3 cm³/mol. The van der Waals surface area contributed by atoms with Crippen molar-refractivity contribution < 1.29 is 8.78 Å². The molecule has 2 aromatic carbocycles. The summed E-state index contributed by atoms with van der Waals surface area (Å²) in [6, 6.07) is 12.9. The number of rotatable bonds is 2. The molecule has 4 aromatic rings. The second-order valence-electron chi connectivity index (χ2n) is 5.40. The molecule has 0 aliphatic rings. The molecular weight excluding hydrogens is 310 g/mol. The third-order valence-electron chi connectivity index (χ3n) is 3.71.